The third-order valence-electron chi connectivity index (χ3n) is 15.5. The van der Waals surface area contributed by atoms with Crippen LogP contribution in [0.4, 0.5) is 0 Å². The van der Waals surface area contributed by atoms with E-state index in [1.165, 1.54) is 161 Å². The molecule has 0 rings (SSSR count). The minimum atomic E-state index is -4.95. The summed E-state index contributed by atoms with van der Waals surface area (Å²) in [7, 11) is -9.88. The molecule has 86 heavy (non-hydrogen) atoms. The predicted octanol–water partition coefficient (Wildman–Crippen LogP) is 19.0. The molecule has 0 spiro atoms. The van der Waals surface area contributed by atoms with Crippen molar-refractivity contribution >= 4 is 39.5 Å². The Labute approximate surface area is 524 Å². The van der Waals surface area contributed by atoms with Crippen LogP contribution in [0.2, 0.25) is 0 Å². The molecule has 510 valence electrons. The van der Waals surface area contributed by atoms with Crippen molar-refractivity contribution in [3.8, 4) is 0 Å². The topological polar surface area (TPSA) is 237 Å². The predicted molar refractivity (Wildman–Crippen MR) is 345 cm³/mol. The average molecular weight is 1270 g/mol. The number of hydrogen-bond acceptors (Lipinski definition) is 15. The lowest BCUT2D eigenvalue weighted by Gasteiger charge is -2.21. The molecular weight excluding hydrogens is 1140 g/mol. The summed E-state index contributed by atoms with van der Waals surface area (Å²) in [5.74, 6) is -1.38. The number of aliphatic hydroxyl groups excluding tert-OH is 1. The van der Waals surface area contributed by atoms with Crippen molar-refractivity contribution in [2.45, 2.75) is 361 Å². The first kappa shape index (κ1) is 84.1. The molecule has 0 bridgehead atoms. The summed E-state index contributed by atoms with van der Waals surface area (Å²) >= 11 is 0. The quantitative estimate of drug-likeness (QED) is 0.0222. The molecule has 0 aromatic heterocycles. The monoisotopic (exact) mass is 1270 g/mol. The number of rotatable bonds is 67. The fourth-order valence-electron chi connectivity index (χ4n) is 10.1. The molecular formula is C67H130O17P2. The van der Waals surface area contributed by atoms with Crippen molar-refractivity contribution < 1.29 is 80.2 Å². The van der Waals surface area contributed by atoms with Crippen molar-refractivity contribution in [3.05, 3.63) is 0 Å². The molecule has 0 aromatic rings. The van der Waals surface area contributed by atoms with Gasteiger partial charge in [-0.25, -0.2) is 9.13 Å². The number of unbranched alkanes of at least 4 members (excludes halogenated alkanes) is 39. The van der Waals surface area contributed by atoms with E-state index in [1.54, 1.807) is 0 Å². The number of aliphatic hydroxyl groups is 1. The molecule has 3 N–H and O–H groups in total. The zero-order valence-corrected chi connectivity index (χ0v) is 57.2. The highest BCUT2D eigenvalue weighted by Crippen LogP contribution is 2.45. The van der Waals surface area contributed by atoms with Gasteiger partial charge in [0.05, 0.1) is 26.4 Å². The number of ether oxygens (including phenoxy) is 4. The zero-order valence-electron chi connectivity index (χ0n) is 55.4. The van der Waals surface area contributed by atoms with Crippen molar-refractivity contribution in [1.29, 1.82) is 0 Å². The van der Waals surface area contributed by atoms with E-state index in [1.807, 2.05) is 0 Å². The smallest absolute Gasteiger partial charge is 0.462 e. The van der Waals surface area contributed by atoms with Crippen LogP contribution in [-0.2, 0) is 65.4 Å². The lowest BCUT2D eigenvalue weighted by molar-refractivity contribution is -0.161. The largest absolute Gasteiger partial charge is 0.472 e. The highest BCUT2D eigenvalue weighted by molar-refractivity contribution is 7.47. The van der Waals surface area contributed by atoms with Gasteiger partial charge in [0.25, 0.3) is 0 Å². The molecule has 0 aromatic carbocycles. The third-order valence-corrected chi connectivity index (χ3v) is 17.4. The molecule has 0 saturated carbocycles. The number of phosphoric acid groups is 2. The number of carbonyl (C=O) groups excluding carboxylic acids is 4. The highest BCUT2D eigenvalue weighted by atomic mass is 31.2. The number of phosphoric ester groups is 2. The van der Waals surface area contributed by atoms with Gasteiger partial charge in [-0.1, -0.05) is 291 Å². The number of carbonyl (C=O) groups is 4. The van der Waals surface area contributed by atoms with E-state index in [-0.39, 0.29) is 25.7 Å². The Morgan fingerprint density at radius 1 is 0.314 bits per heavy atom. The molecule has 0 heterocycles. The first-order valence-electron chi connectivity index (χ1n) is 35.1. The van der Waals surface area contributed by atoms with Gasteiger partial charge in [-0.15, -0.1) is 0 Å². The molecule has 2 unspecified atom stereocenters. The number of esters is 4. The average Bonchev–Trinajstić information content (AvgIpc) is 3.67. The summed E-state index contributed by atoms with van der Waals surface area (Å²) in [6.07, 6.45) is 46.2. The molecule has 0 aliphatic rings. The molecule has 0 radical (unpaired) electrons. The van der Waals surface area contributed by atoms with Crippen LogP contribution < -0.4 is 0 Å². The van der Waals surface area contributed by atoms with Gasteiger partial charge >= 0.3 is 39.5 Å². The van der Waals surface area contributed by atoms with Gasteiger partial charge in [0.1, 0.15) is 19.3 Å². The van der Waals surface area contributed by atoms with Crippen LogP contribution in [-0.4, -0.2) is 96.7 Å². The maximum atomic E-state index is 13.0. The van der Waals surface area contributed by atoms with E-state index in [4.69, 9.17) is 37.0 Å². The Morgan fingerprint density at radius 2 is 0.535 bits per heavy atom. The maximum absolute atomic E-state index is 13.0. The second-order valence-corrected chi connectivity index (χ2v) is 27.6. The Morgan fingerprint density at radius 3 is 0.791 bits per heavy atom. The molecule has 0 amide bonds. The van der Waals surface area contributed by atoms with Crippen LogP contribution in [0.25, 0.3) is 0 Å². The first-order valence-corrected chi connectivity index (χ1v) is 38.1. The second kappa shape index (κ2) is 60.6. The van der Waals surface area contributed by atoms with Crippen molar-refractivity contribution in [3.63, 3.8) is 0 Å². The minimum Gasteiger partial charge on any atom is -0.462 e. The Hall–Kier alpha value is -1.94. The minimum absolute atomic E-state index is 0.106. The summed E-state index contributed by atoms with van der Waals surface area (Å²) in [6, 6.07) is 0. The Kier molecular flexibility index (Phi) is 59.2. The van der Waals surface area contributed by atoms with Crippen LogP contribution in [0.5, 0.6) is 0 Å². The fraction of sp³-hybridized carbons (Fsp3) is 0.940. The fourth-order valence-corrected chi connectivity index (χ4v) is 11.7. The maximum Gasteiger partial charge on any atom is 0.472 e. The Balaban J connectivity index is 5.14. The molecule has 5 atom stereocenters. The van der Waals surface area contributed by atoms with E-state index < -0.39 is 97.5 Å². The van der Waals surface area contributed by atoms with Gasteiger partial charge in [0, 0.05) is 25.7 Å². The van der Waals surface area contributed by atoms with Gasteiger partial charge in [0.15, 0.2) is 12.2 Å². The molecule has 0 aliphatic carbocycles. The van der Waals surface area contributed by atoms with Crippen LogP contribution in [0, 0.1) is 5.92 Å². The van der Waals surface area contributed by atoms with Crippen molar-refractivity contribution in [2.75, 3.05) is 39.6 Å². The first-order chi connectivity index (χ1) is 41.5. The molecule has 19 heteroatoms. The Bertz CT molecular complexity index is 1670. The van der Waals surface area contributed by atoms with Gasteiger partial charge in [-0.3, -0.25) is 37.3 Å². The van der Waals surface area contributed by atoms with Gasteiger partial charge in [0.2, 0.25) is 0 Å². The highest BCUT2D eigenvalue weighted by Gasteiger charge is 2.30. The lowest BCUT2D eigenvalue weighted by atomic mass is 10.0. The SMILES string of the molecule is CCCCCCCCCCCCCCCCCCCCC(=O)O[C@H](COC(=O)CCCCCCCCCCCCC(C)C)COP(=O)(O)OC[C@@H](O)COP(=O)(O)OC[C@@H](COC(=O)CCCCCCC)OC(=O)CCCCCCCCCCCC. The van der Waals surface area contributed by atoms with E-state index in [9.17, 15) is 43.2 Å². The summed E-state index contributed by atoms with van der Waals surface area (Å²) in [5.41, 5.74) is 0. The summed E-state index contributed by atoms with van der Waals surface area (Å²) in [4.78, 5) is 72.1. The molecule has 0 fully saturated rings. The van der Waals surface area contributed by atoms with Crippen molar-refractivity contribution in [1.82, 2.24) is 0 Å². The second-order valence-electron chi connectivity index (χ2n) is 24.7. The van der Waals surface area contributed by atoms with Crippen LogP contribution in [0.15, 0.2) is 0 Å². The molecule has 17 nitrogen and oxygen atoms in total. The van der Waals surface area contributed by atoms with Crippen LogP contribution >= 0.6 is 15.6 Å². The van der Waals surface area contributed by atoms with Crippen LogP contribution in [0.1, 0.15) is 343 Å². The van der Waals surface area contributed by atoms with Gasteiger partial charge < -0.3 is 33.8 Å². The standard InChI is InChI=1S/C67H130O17P2/c1-6-9-12-15-17-19-21-22-23-24-25-26-27-28-34-38-43-48-53-67(72)84-63(57-78-65(70)51-46-41-36-33-30-29-31-35-40-44-49-60(4)5)59-82-86(75,76)80-55-61(68)54-79-85(73,74)81-58-62(56-77-64(69)50-45-39-14-11-8-3)83-66(71)52-47-42-37-32-20-18-16-13-10-7-2/h60-63,68H,6-59H2,1-5H3,(H,73,74)(H,75,76)/t61-,62+,63+/m0/s1. The zero-order chi connectivity index (χ0) is 63.5. The normalized spacial score (nSPS) is 14.2. The van der Waals surface area contributed by atoms with E-state index in [0.717, 1.165) is 102 Å². The van der Waals surface area contributed by atoms with E-state index >= 15 is 0 Å². The summed E-state index contributed by atoms with van der Waals surface area (Å²) in [6.45, 7) is 7.12. The molecule has 0 aliphatic heterocycles. The number of hydrogen-bond donors (Lipinski definition) is 3. The van der Waals surface area contributed by atoms with E-state index in [0.29, 0.717) is 25.7 Å². The molecule has 0 saturated heterocycles. The summed E-state index contributed by atoms with van der Waals surface area (Å²) < 4.78 is 67.9. The third kappa shape index (κ3) is 60.9. The summed E-state index contributed by atoms with van der Waals surface area (Å²) in [5, 5.41) is 10.5. The van der Waals surface area contributed by atoms with Gasteiger partial charge in [-0.2, -0.15) is 0 Å². The van der Waals surface area contributed by atoms with Gasteiger partial charge in [-0.05, 0) is 31.6 Å². The van der Waals surface area contributed by atoms with Crippen LogP contribution in [0.3, 0.4) is 0 Å². The van der Waals surface area contributed by atoms with Crippen molar-refractivity contribution in [2.24, 2.45) is 5.92 Å². The van der Waals surface area contributed by atoms with E-state index in [2.05, 4.69) is 34.6 Å². The lowest BCUT2D eigenvalue weighted by Crippen LogP contribution is -2.30.